The van der Waals surface area contributed by atoms with Crippen LogP contribution in [-0.2, 0) is 27.9 Å². The summed E-state index contributed by atoms with van der Waals surface area (Å²) in [6, 6.07) is 12.4. The SMILES string of the molecule is Cc1ccsc1CN(Cc1ccc(F)cc1)C(=O)CN(C1CCCCC1)S(=O)(=O)c1ccc(F)cc1. The van der Waals surface area contributed by atoms with Crippen molar-refractivity contribution in [2.24, 2.45) is 0 Å². The predicted octanol–water partition coefficient (Wildman–Crippen LogP) is 5.89. The van der Waals surface area contributed by atoms with Crippen LogP contribution in [0.1, 0.15) is 48.1 Å². The van der Waals surface area contributed by atoms with Gasteiger partial charge >= 0.3 is 0 Å². The third-order valence-electron chi connectivity index (χ3n) is 6.64. The molecule has 1 aliphatic carbocycles. The highest BCUT2D eigenvalue weighted by Crippen LogP contribution is 2.29. The highest BCUT2D eigenvalue weighted by Gasteiger charge is 2.35. The number of hydrogen-bond acceptors (Lipinski definition) is 4. The first-order chi connectivity index (χ1) is 17.2. The molecular weight excluding hydrogens is 502 g/mol. The first-order valence-corrected chi connectivity index (χ1v) is 14.4. The lowest BCUT2D eigenvalue weighted by Crippen LogP contribution is -2.47. The molecule has 0 spiro atoms. The second-order valence-electron chi connectivity index (χ2n) is 9.20. The van der Waals surface area contributed by atoms with E-state index in [-0.39, 0.29) is 35.8 Å². The van der Waals surface area contributed by atoms with Crippen LogP contribution in [0.4, 0.5) is 8.78 Å². The molecule has 36 heavy (non-hydrogen) atoms. The Morgan fingerprint density at radius 3 is 2.11 bits per heavy atom. The zero-order valence-corrected chi connectivity index (χ0v) is 21.8. The van der Waals surface area contributed by atoms with E-state index in [1.807, 2.05) is 18.4 Å². The van der Waals surface area contributed by atoms with Gasteiger partial charge in [0.1, 0.15) is 11.6 Å². The van der Waals surface area contributed by atoms with Crippen LogP contribution >= 0.6 is 11.3 Å². The van der Waals surface area contributed by atoms with Gasteiger partial charge in [0.2, 0.25) is 15.9 Å². The minimum absolute atomic E-state index is 0.0264. The van der Waals surface area contributed by atoms with Gasteiger partial charge in [0.15, 0.2) is 0 Å². The number of nitrogens with zero attached hydrogens (tertiary/aromatic N) is 2. The lowest BCUT2D eigenvalue weighted by Gasteiger charge is -2.34. The van der Waals surface area contributed by atoms with E-state index in [0.29, 0.717) is 19.4 Å². The Hall–Kier alpha value is -2.62. The predicted molar refractivity (Wildman–Crippen MR) is 137 cm³/mol. The molecule has 1 heterocycles. The highest BCUT2D eigenvalue weighted by molar-refractivity contribution is 7.89. The second kappa shape index (κ2) is 11.6. The normalized spacial score (nSPS) is 14.8. The molecule has 1 aromatic heterocycles. The van der Waals surface area contributed by atoms with E-state index in [1.165, 1.54) is 39.9 Å². The number of benzene rings is 2. The lowest BCUT2D eigenvalue weighted by atomic mass is 9.95. The molecule has 0 saturated heterocycles. The molecule has 0 atom stereocenters. The van der Waals surface area contributed by atoms with Gasteiger partial charge in [-0.1, -0.05) is 31.4 Å². The minimum atomic E-state index is -4.02. The average Bonchev–Trinajstić information content (AvgIpc) is 3.28. The number of thiophene rings is 1. The number of halogens is 2. The summed E-state index contributed by atoms with van der Waals surface area (Å²) in [6.45, 7) is 2.22. The van der Waals surface area contributed by atoms with Crippen molar-refractivity contribution < 1.29 is 22.0 Å². The molecule has 192 valence electrons. The minimum Gasteiger partial charge on any atom is -0.332 e. The Balaban J connectivity index is 1.64. The van der Waals surface area contributed by atoms with E-state index in [4.69, 9.17) is 0 Å². The lowest BCUT2D eigenvalue weighted by molar-refractivity contribution is -0.133. The van der Waals surface area contributed by atoms with Gasteiger partial charge < -0.3 is 4.90 Å². The van der Waals surface area contributed by atoms with Crippen molar-refractivity contribution >= 4 is 27.3 Å². The number of carbonyl (C=O) groups excluding carboxylic acids is 1. The Morgan fingerprint density at radius 2 is 1.53 bits per heavy atom. The summed E-state index contributed by atoms with van der Waals surface area (Å²) >= 11 is 1.54. The van der Waals surface area contributed by atoms with Crippen LogP contribution in [0.5, 0.6) is 0 Å². The van der Waals surface area contributed by atoms with Gasteiger partial charge in [-0.05, 0) is 78.7 Å². The third kappa shape index (κ3) is 6.38. The zero-order valence-electron chi connectivity index (χ0n) is 20.2. The zero-order chi connectivity index (χ0) is 25.7. The summed E-state index contributed by atoms with van der Waals surface area (Å²) in [4.78, 5) is 16.3. The monoisotopic (exact) mass is 532 g/mol. The van der Waals surface area contributed by atoms with Gasteiger partial charge in [-0.15, -0.1) is 11.3 Å². The molecule has 9 heteroatoms. The van der Waals surface area contributed by atoms with Crippen molar-refractivity contribution in [1.82, 2.24) is 9.21 Å². The smallest absolute Gasteiger partial charge is 0.243 e. The summed E-state index contributed by atoms with van der Waals surface area (Å²) in [5.41, 5.74) is 1.81. The van der Waals surface area contributed by atoms with Gasteiger partial charge in [0.25, 0.3) is 0 Å². The Kier molecular flexibility index (Phi) is 8.54. The van der Waals surface area contributed by atoms with E-state index in [2.05, 4.69) is 0 Å². The maximum Gasteiger partial charge on any atom is 0.243 e. The molecule has 5 nitrogen and oxygen atoms in total. The number of amides is 1. The van der Waals surface area contributed by atoms with Crippen LogP contribution < -0.4 is 0 Å². The number of carbonyl (C=O) groups is 1. The molecule has 0 aliphatic heterocycles. The van der Waals surface area contributed by atoms with E-state index in [9.17, 15) is 22.0 Å². The van der Waals surface area contributed by atoms with Crippen LogP contribution in [0.15, 0.2) is 64.9 Å². The van der Waals surface area contributed by atoms with Gasteiger partial charge in [-0.2, -0.15) is 4.31 Å². The number of rotatable bonds is 9. The Bertz CT molecular complexity index is 1270. The first-order valence-electron chi connectivity index (χ1n) is 12.1. The number of hydrogen-bond donors (Lipinski definition) is 0. The third-order valence-corrected chi connectivity index (χ3v) is 9.56. The second-order valence-corrected chi connectivity index (χ2v) is 12.1. The Morgan fingerprint density at radius 1 is 0.917 bits per heavy atom. The average molecular weight is 533 g/mol. The van der Waals surface area contributed by atoms with Gasteiger partial charge in [-0.3, -0.25) is 4.79 Å². The van der Waals surface area contributed by atoms with Crippen molar-refractivity contribution in [1.29, 1.82) is 0 Å². The first kappa shape index (κ1) is 26.4. The molecule has 1 fully saturated rings. The maximum absolute atomic E-state index is 13.7. The molecule has 4 rings (SSSR count). The van der Waals surface area contributed by atoms with Crippen LogP contribution in [0.3, 0.4) is 0 Å². The van der Waals surface area contributed by atoms with Crippen LogP contribution in [0, 0.1) is 18.6 Å². The van der Waals surface area contributed by atoms with Crippen LogP contribution in [0.25, 0.3) is 0 Å². The molecule has 1 amide bonds. The summed E-state index contributed by atoms with van der Waals surface area (Å²) in [5.74, 6) is -1.21. The van der Waals surface area contributed by atoms with Crippen LogP contribution in [-0.4, -0.2) is 36.1 Å². The van der Waals surface area contributed by atoms with Crippen molar-refractivity contribution in [3.8, 4) is 0 Å². The van der Waals surface area contributed by atoms with Crippen molar-refractivity contribution in [2.45, 2.75) is 63.1 Å². The largest absolute Gasteiger partial charge is 0.332 e. The van der Waals surface area contributed by atoms with Crippen LogP contribution in [0.2, 0.25) is 0 Å². The molecule has 0 radical (unpaired) electrons. The molecule has 0 bridgehead atoms. The van der Waals surface area contributed by atoms with Gasteiger partial charge in [-0.25, -0.2) is 17.2 Å². The molecule has 0 unspecified atom stereocenters. The summed E-state index contributed by atoms with van der Waals surface area (Å²) in [6.07, 6.45) is 4.17. The molecule has 2 aromatic carbocycles. The fraction of sp³-hybridized carbons (Fsp3) is 0.370. The maximum atomic E-state index is 13.7. The standard InChI is InChI=1S/C27H30F2N2O3S2/c1-20-15-16-35-26(20)18-30(17-21-7-9-22(28)10-8-21)27(32)19-31(24-5-3-2-4-6-24)36(33,34)25-13-11-23(29)12-14-25/h7-16,24H,2-6,17-19H2,1H3. The molecule has 1 aliphatic rings. The van der Waals surface area contributed by atoms with Gasteiger partial charge in [0, 0.05) is 17.5 Å². The summed E-state index contributed by atoms with van der Waals surface area (Å²) in [5, 5.41) is 1.96. The topological polar surface area (TPSA) is 57.7 Å². The van der Waals surface area contributed by atoms with E-state index < -0.39 is 15.8 Å². The molecule has 0 N–H and O–H groups in total. The number of aryl methyl sites for hydroxylation is 1. The molecule has 3 aromatic rings. The summed E-state index contributed by atoms with van der Waals surface area (Å²) < 4.78 is 55.6. The fourth-order valence-corrected chi connectivity index (χ4v) is 7.09. The van der Waals surface area contributed by atoms with E-state index in [0.717, 1.165) is 47.4 Å². The molecular formula is C27H30F2N2O3S2. The number of sulfonamides is 1. The van der Waals surface area contributed by atoms with Crippen molar-refractivity contribution in [3.05, 3.63) is 87.6 Å². The molecule has 1 saturated carbocycles. The quantitative estimate of drug-likeness (QED) is 0.346. The van der Waals surface area contributed by atoms with Crippen molar-refractivity contribution in [3.63, 3.8) is 0 Å². The fourth-order valence-electron chi connectivity index (χ4n) is 4.54. The summed E-state index contributed by atoms with van der Waals surface area (Å²) in [7, 11) is -4.02. The Labute approximate surface area is 215 Å². The van der Waals surface area contributed by atoms with Crippen molar-refractivity contribution in [2.75, 3.05) is 6.54 Å². The van der Waals surface area contributed by atoms with E-state index >= 15 is 0 Å². The van der Waals surface area contributed by atoms with Gasteiger partial charge in [0.05, 0.1) is 18.0 Å². The highest BCUT2D eigenvalue weighted by atomic mass is 32.2. The van der Waals surface area contributed by atoms with E-state index in [1.54, 1.807) is 17.0 Å².